The number of aromatic nitrogens is 1. The summed E-state index contributed by atoms with van der Waals surface area (Å²) in [5.74, 6) is -0.734. The highest BCUT2D eigenvalue weighted by Crippen LogP contribution is 2.28. The van der Waals surface area contributed by atoms with E-state index in [1.54, 1.807) is 23.1 Å². The van der Waals surface area contributed by atoms with Gasteiger partial charge in [-0.25, -0.2) is 9.78 Å². The molecule has 0 radical (unpaired) electrons. The number of hydrogen-bond acceptors (Lipinski definition) is 5. The molecule has 1 aliphatic heterocycles. The number of carbonyl (C=O) groups excluding carboxylic acids is 2. The van der Waals surface area contributed by atoms with E-state index in [2.05, 4.69) is 4.98 Å². The Kier molecular flexibility index (Phi) is 4.16. The molecule has 0 aliphatic carbocycles. The summed E-state index contributed by atoms with van der Waals surface area (Å²) in [5, 5.41) is 0. The van der Waals surface area contributed by atoms with Crippen molar-refractivity contribution >= 4 is 28.7 Å². The highest BCUT2D eigenvalue weighted by molar-refractivity contribution is 6.01. The van der Waals surface area contributed by atoms with Gasteiger partial charge in [0.15, 0.2) is 18.1 Å². The Balaban J connectivity index is 1.52. The zero-order valence-electron chi connectivity index (χ0n) is 14.3. The molecular weight excluding hydrogens is 332 g/mol. The van der Waals surface area contributed by atoms with Gasteiger partial charge in [-0.1, -0.05) is 25.1 Å². The molecular formula is C20H18N2O4. The fourth-order valence-corrected chi connectivity index (χ4v) is 3.23. The van der Waals surface area contributed by atoms with Crippen molar-refractivity contribution in [1.29, 1.82) is 0 Å². The molecule has 6 nitrogen and oxygen atoms in total. The number of hydrogen-bond donors (Lipinski definition) is 0. The van der Waals surface area contributed by atoms with Gasteiger partial charge in [-0.3, -0.25) is 4.79 Å². The lowest BCUT2D eigenvalue weighted by Gasteiger charge is -2.23. The highest BCUT2D eigenvalue weighted by atomic mass is 16.5. The lowest BCUT2D eigenvalue weighted by atomic mass is 10.1. The fourth-order valence-electron chi connectivity index (χ4n) is 3.23. The Morgan fingerprint density at radius 1 is 1.27 bits per heavy atom. The van der Waals surface area contributed by atoms with Crippen LogP contribution in [0.5, 0.6) is 0 Å². The molecule has 1 aliphatic rings. The molecule has 1 aromatic heterocycles. The van der Waals surface area contributed by atoms with E-state index in [9.17, 15) is 9.59 Å². The van der Waals surface area contributed by atoms with Crippen LogP contribution in [-0.2, 0) is 16.0 Å². The molecule has 132 valence electrons. The number of benzene rings is 2. The van der Waals surface area contributed by atoms with Crippen LogP contribution in [0.15, 0.2) is 53.3 Å². The Bertz CT molecular complexity index is 979. The van der Waals surface area contributed by atoms with Gasteiger partial charge >= 0.3 is 5.97 Å². The number of amides is 1. The van der Waals surface area contributed by atoms with Gasteiger partial charge in [0.05, 0.1) is 5.56 Å². The second kappa shape index (κ2) is 6.63. The number of rotatable bonds is 4. The molecule has 2 aromatic carbocycles. The summed E-state index contributed by atoms with van der Waals surface area (Å²) < 4.78 is 10.7. The van der Waals surface area contributed by atoms with Crippen molar-refractivity contribution in [2.75, 3.05) is 11.4 Å². The summed E-state index contributed by atoms with van der Waals surface area (Å²) in [4.78, 5) is 31.1. The van der Waals surface area contributed by atoms with E-state index in [1.165, 1.54) is 6.39 Å². The molecule has 0 saturated heterocycles. The van der Waals surface area contributed by atoms with Crippen molar-refractivity contribution in [1.82, 2.24) is 4.98 Å². The number of para-hydroxylation sites is 1. The van der Waals surface area contributed by atoms with E-state index in [0.717, 1.165) is 17.7 Å². The molecule has 1 unspecified atom stereocenters. The number of carbonyl (C=O) groups is 2. The van der Waals surface area contributed by atoms with E-state index in [0.29, 0.717) is 29.6 Å². The standard InChI is InChI=1S/C20H18N2O4/c1-2-17(19(23)22-10-9-13-5-3-4-6-16(13)22)26-20(24)14-7-8-15-18(11-14)25-12-21-15/h3-8,11-12,17H,2,9-10H2,1H3. The second-order valence-corrected chi connectivity index (χ2v) is 6.21. The number of ether oxygens (including phenoxy) is 1. The molecule has 0 bridgehead atoms. The van der Waals surface area contributed by atoms with Crippen molar-refractivity contribution in [2.24, 2.45) is 0 Å². The third-order valence-corrected chi connectivity index (χ3v) is 4.62. The van der Waals surface area contributed by atoms with Gasteiger partial charge in [-0.2, -0.15) is 0 Å². The topological polar surface area (TPSA) is 72.6 Å². The Labute approximate surface area is 150 Å². The van der Waals surface area contributed by atoms with Crippen molar-refractivity contribution in [3.63, 3.8) is 0 Å². The maximum atomic E-state index is 12.9. The molecule has 4 rings (SSSR count). The Morgan fingerprint density at radius 2 is 2.12 bits per heavy atom. The average Bonchev–Trinajstić information content (AvgIpc) is 3.31. The number of nitrogens with zero attached hydrogens (tertiary/aromatic N) is 2. The molecule has 0 saturated carbocycles. The summed E-state index contributed by atoms with van der Waals surface area (Å²) >= 11 is 0. The molecule has 26 heavy (non-hydrogen) atoms. The van der Waals surface area contributed by atoms with Crippen LogP contribution in [-0.4, -0.2) is 29.5 Å². The molecule has 0 spiro atoms. The van der Waals surface area contributed by atoms with Crippen molar-refractivity contribution < 1.29 is 18.7 Å². The lowest BCUT2D eigenvalue weighted by molar-refractivity contribution is -0.127. The van der Waals surface area contributed by atoms with Crippen molar-refractivity contribution in [3.8, 4) is 0 Å². The molecule has 0 N–H and O–H groups in total. The van der Waals surface area contributed by atoms with Crippen molar-refractivity contribution in [3.05, 3.63) is 60.0 Å². The summed E-state index contributed by atoms with van der Waals surface area (Å²) in [6.45, 7) is 2.44. The van der Waals surface area contributed by atoms with Gasteiger partial charge in [-0.05, 0) is 42.7 Å². The molecule has 3 aromatic rings. The predicted octanol–water partition coefficient (Wildman–Crippen LogP) is 3.35. The van der Waals surface area contributed by atoms with Crippen LogP contribution in [0, 0.1) is 0 Å². The van der Waals surface area contributed by atoms with E-state index >= 15 is 0 Å². The maximum Gasteiger partial charge on any atom is 0.339 e. The Hall–Kier alpha value is -3.15. The van der Waals surface area contributed by atoms with Crippen LogP contribution in [0.1, 0.15) is 29.3 Å². The number of oxazole rings is 1. The van der Waals surface area contributed by atoms with Crippen LogP contribution < -0.4 is 4.90 Å². The molecule has 6 heteroatoms. The van der Waals surface area contributed by atoms with Gasteiger partial charge in [-0.15, -0.1) is 0 Å². The van der Waals surface area contributed by atoms with Gasteiger partial charge in [0.25, 0.3) is 5.91 Å². The Morgan fingerprint density at radius 3 is 2.96 bits per heavy atom. The predicted molar refractivity (Wildman–Crippen MR) is 96.0 cm³/mol. The second-order valence-electron chi connectivity index (χ2n) is 6.21. The first-order valence-electron chi connectivity index (χ1n) is 8.61. The minimum Gasteiger partial charge on any atom is -0.449 e. The maximum absolute atomic E-state index is 12.9. The van der Waals surface area contributed by atoms with Crippen LogP contribution >= 0.6 is 0 Å². The van der Waals surface area contributed by atoms with Crippen LogP contribution in [0.4, 0.5) is 5.69 Å². The van der Waals surface area contributed by atoms with Crippen LogP contribution in [0.25, 0.3) is 11.1 Å². The average molecular weight is 350 g/mol. The summed E-state index contributed by atoms with van der Waals surface area (Å²) in [5.41, 5.74) is 3.54. The normalized spacial score (nSPS) is 14.3. The molecule has 1 amide bonds. The van der Waals surface area contributed by atoms with Crippen LogP contribution in [0.2, 0.25) is 0 Å². The zero-order valence-corrected chi connectivity index (χ0v) is 14.3. The van der Waals surface area contributed by atoms with Gasteiger partial charge in [0.1, 0.15) is 5.52 Å². The smallest absolute Gasteiger partial charge is 0.339 e. The minimum atomic E-state index is -0.820. The summed E-state index contributed by atoms with van der Waals surface area (Å²) in [6.07, 6.45) is 1.73. The molecule has 0 fully saturated rings. The van der Waals surface area contributed by atoms with Crippen LogP contribution in [0.3, 0.4) is 0 Å². The minimum absolute atomic E-state index is 0.188. The van der Waals surface area contributed by atoms with E-state index in [4.69, 9.17) is 9.15 Å². The lowest BCUT2D eigenvalue weighted by Crippen LogP contribution is -2.40. The molecule has 1 atom stereocenters. The SMILES string of the molecule is CCC(OC(=O)c1ccc2ncoc2c1)C(=O)N1CCc2ccccc21. The molecule has 2 heterocycles. The van der Waals surface area contributed by atoms with Gasteiger partial charge < -0.3 is 14.1 Å². The first kappa shape index (κ1) is 16.3. The van der Waals surface area contributed by atoms with E-state index in [-0.39, 0.29) is 5.91 Å². The van der Waals surface area contributed by atoms with Gasteiger partial charge in [0, 0.05) is 12.2 Å². The zero-order chi connectivity index (χ0) is 18.1. The number of esters is 1. The number of anilines is 1. The van der Waals surface area contributed by atoms with E-state index < -0.39 is 12.1 Å². The number of fused-ring (bicyclic) bond motifs is 2. The highest BCUT2D eigenvalue weighted by Gasteiger charge is 2.31. The third-order valence-electron chi connectivity index (χ3n) is 4.62. The quantitative estimate of drug-likeness (QED) is 0.675. The van der Waals surface area contributed by atoms with E-state index in [1.807, 2.05) is 31.2 Å². The largest absolute Gasteiger partial charge is 0.449 e. The third kappa shape index (κ3) is 2.83. The first-order chi connectivity index (χ1) is 12.7. The van der Waals surface area contributed by atoms with Gasteiger partial charge in [0.2, 0.25) is 0 Å². The monoisotopic (exact) mass is 350 g/mol. The summed E-state index contributed by atoms with van der Waals surface area (Å²) in [6, 6.07) is 12.7. The van der Waals surface area contributed by atoms with Crippen molar-refractivity contribution in [2.45, 2.75) is 25.9 Å². The summed E-state index contributed by atoms with van der Waals surface area (Å²) in [7, 11) is 0. The first-order valence-corrected chi connectivity index (χ1v) is 8.61. The fraction of sp³-hybridized carbons (Fsp3) is 0.250.